The van der Waals surface area contributed by atoms with Crippen LogP contribution in [0.4, 0.5) is 5.95 Å². The van der Waals surface area contributed by atoms with Crippen molar-refractivity contribution in [2.75, 3.05) is 24.6 Å². The number of rotatable bonds is 6. The van der Waals surface area contributed by atoms with Gasteiger partial charge in [-0.25, -0.2) is 9.97 Å². The number of aliphatic hydroxyl groups is 1. The van der Waals surface area contributed by atoms with E-state index in [4.69, 9.17) is 16.7 Å². The van der Waals surface area contributed by atoms with Crippen molar-refractivity contribution >= 4 is 23.5 Å². The molecule has 1 amide bonds. The van der Waals surface area contributed by atoms with Crippen LogP contribution in [0.25, 0.3) is 0 Å². The number of hydrogen-bond donors (Lipinski definition) is 2. The molecule has 1 saturated heterocycles. The van der Waals surface area contributed by atoms with Crippen molar-refractivity contribution < 1.29 is 9.90 Å². The number of amides is 1. The number of nitrogens with zero attached hydrogens (tertiary/aromatic N) is 3. The fourth-order valence-corrected chi connectivity index (χ4v) is 2.55. The Kier molecular flexibility index (Phi) is 5.76. The summed E-state index contributed by atoms with van der Waals surface area (Å²) in [6.45, 7) is 3.81. The van der Waals surface area contributed by atoms with E-state index in [1.54, 1.807) is 0 Å². The number of aromatic nitrogens is 2. The van der Waals surface area contributed by atoms with Gasteiger partial charge in [-0.15, -0.1) is 0 Å². The number of anilines is 1. The fourth-order valence-electron chi connectivity index (χ4n) is 2.37. The van der Waals surface area contributed by atoms with Gasteiger partial charge in [0.15, 0.2) is 5.69 Å². The summed E-state index contributed by atoms with van der Waals surface area (Å²) in [5.74, 6) is 0.236. The summed E-state index contributed by atoms with van der Waals surface area (Å²) in [5, 5.41) is 12.1. The quantitative estimate of drug-likeness (QED) is 0.834. The van der Waals surface area contributed by atoms with Crippen LogP contribution >= 0.6 is 11.6 Å². The SMILES string of the molecule is CCC(CCO)NC(=O)c1nc(N2CCCC2)ncc1Cl. The van der Waals surface area contributed by atoms with Gasteiger partial charge in [-0.3, -0.25) is 4.79 Å². The van der Waals surface area contributed by atoms with Crippen LogP contribution in [0.15, 0.2) is 6.20 Å². The highest BCUT2D eigenvalue weighted by Gasteiger charge is 2.20. The number of carbonyl (C=O) groups excluding carboxylic acids is 1. The van der Waals surface area contributed by atoms with Crippen molar-refractivity contribution in [2.45, 2.75) is 38.6 Å². The average molecular weight is 313 g/mol. The van der Waals surface area contributed by atoms with Gasteiger partial charge >= 0.3 is 0 Å². The molecule has 6 nitrogen and oxygen atoms in total. The summed E-state index contributed by atoms with van der Waals surface area (Å²) in [4.78, 5) is 22.9. The molecule has 1 aliphatic rings. The second kappa shape index (κ2) is 7.56. The van der Waals surface area contributed by atoms with E-state index in [1.165, 1.54) is 6.20 Å². The molecule has 0 radical (unpaired) electrons. The Labute approximate surface area is 129 Å². The molecule has 0 bridgehead atoms. The zero-order valence-corrected chi connectivity index (χ0v) is 12.9. The van der Waals surface area contributed by atoms with Crippen LogP contribution in [0.2, 0.25) is 5.02 Å². The summed E-state index contributed by atoms with van der Waals surface area (Å²) in [5.41, 5.74) is 0.199. The predicted molar refractivity (Wildman–Crippen MR) is 81.7 cm³/mol. The van der Waals surface area contributed by atoms with Crippen molar-refractivity contribution in [3.63, 3.8) is 0 Å². The van der Waals surface area contributed by atoms with Crippen LogP contribution in [0.3, 0.4) is 0 Å². The third kappa shape index (κ3) is 4.04. The standard InChI is InChI=1S/C14H21ClN4O2/c1-2-10(5-8-20)17-13(21)12-11(15)9-16-14(18-12)19-6-3-4-7-19/h9-10,20H,2-8H2,1H3,(H,17,21). The summed E-state index contributed by atoms with van der Waals surface area (Å²) in [6.07, 6.45) is 4.96. The number of halogens is 1. The van der Waals surface area contributed by atoms with E-state index < -0.39 is 0 Å². The lowest BCUT2D eigenvalue weighted by Crippen LogP contribution is -2.36. The van der Waals surface area contributed by atoms with Crippen molar-refractivity contribution in [3.8, 4) is 0 Å². The van der Waals surface area contributed by atoms with E-state index in [9.17, 15) is 4.79 Å². The van der Waals surface area contributed by atoms with Crippen LogP contribution in [-0.4, -0.2) is 46.7 Å². The molecule has 1 aromatic rings. The lowest BCUT2D eigenvalue weighted by Gasteiger charge is -2.18. The minimum Gasteiger partial charge on any atom is -0.396 e. The van der Waals surface area contributed by atoms with Crippen molar-refractivity contribution in [3.05, 3.63) is 16.9 Å². The molecule has 7 heteroatoms. The van der Waals surface area contributed by atoms with Gasteiger partial charge in [0.1, 0.15) is 0 Å². The first-order chi connectivity index (χ1) is 10.2. The Morgan fingerprint density at radius 3 is 2.86 bits per heavy atom. The first-order valence-electron chi connectivity index (χ1n) is 7.35. The molecule has 0 saturated carbocycles. The van der Waals surface area contributed by atoms with Crippen LogP contribution in [-0.2, 0) is 0 Å². The molecule has 2 rings (SSSR count). The molecule has 1 atom stereocenters. The third-order valence-corrected chi connectivity index (χ3v) is 3.92. The van der Waals surface area contributed by atoms with Crippen LogP contribution in [0, 0.1) is 0 Å². The van der Waals surface area contributed by atoms with Gasteiger partial charge in [0.05, 0.1) is 11.2 Å². The number of nitrogens with one attached hydrogen (secondary N) is 1. The summed E-state index contributed by atoms with van der Waals surface area (Å²) in [6, 6.07) is -0.0798. The maximum atomic E-state index is 12.3. The van der Waals surface area contributed by atoms with E-state index in [0.29, 0.717) is 12.4 Å². The number of carbonyl (C=O) groups is 1. The molecule has 1 unspecified atom stereocenters. The first kappa shape index (κ1) is 16.0. The van der Waals surface area contributed by atoms with E-state index in [1.807, 2.05) is 6.92 Å². The van der Waals surface area contributed by atoms with Crippen LogP contribution in [0.5, 0.6) is 0 Å². The third-order valence-electron chi connectivity index (χ3n) is 3.64. The molecular weight excluding hydrogens is 292 g/mol. The zero-order chi connectivity index (χ0) is 15.2. The predicted octanol–water partition coefficient (Wildman–Crippen LogP) is 1.62. The summed E-state index contributed by atoms with van der Waals surface area (Å²) in [7, 11) is 0. The lowest BCUT2D eigenvalue weighted by molar-refractivity contribution is 0.0924. The Morgan fingerprint density at radius 2 is 2.24 bits per heavy atom. The summed E-state index contributed by atoms with van der Waals surface area (Å²) < 4.78 is 0. The molecule has 116 valence electrons. The summed E-state index contributed by atoms with van der Waals surface area (Å²) >= 11 is 6.05. The molecule has 1 aromatic heterocycles. The number of hydrogen-bond acceptors (Lipinski definition) is 5. The Bertz CT molecular complexity index is 492. The molecule has 2 heterocycles. The maximum absolute atomic E-state index is 12.3. The van der Waals surface area contributed by atoms with Crippen molar-refractivity contribution in [1.29, 1.82) is 0 Å². The highest BCUT2D eigenvalue weighted by atomic mass is 35.5. The average Bonchev–Trinajstić information content (AvgIpc) is 3.01. The monoisotopic (exact) mass is 312 g/mol. The largest absolute Gasteiger partial charge is 0.396 e. The second-order valence-corrected chi connectivity index (χ2v) is 5.56. The van der Waals surface area contributed by atoms with Gasteiger partial charge in [-0.05, 0) is 25.7 Å². The van der Waals surface area contributed by atoms with Gasteiger partial charge < -0.3 is 15.3 Å². The fraction of sp³-hybridized carbons (Fsp3) is 0.643. The zero-order valence-electron chi connectivity index (χ0n) is 12.2. The molecule has 0 aliphatic carbocycles. The van der Waals surface area contributed by atoms with E-state index in [-0.39, 0.29) is 29.3 Å². The minimum atomic E-state index is -0.317. The number of aliphatic hydroxyl groups excluding tert-OH is 1. The Morgan fingerprint density at radius 1 is 1.52 bits per heavy atom. The van der Waals surface area contributed by atoms with Crippen LogP contribution < -0.4 is 10.2 Å². The van der Waals surface area contributed by atoms with Gasteiger partial charge in [0, 0.05) is 25.7 Å². The van der Waals surface area contributed by atoms with Crippen molar-refractivity contribution in [1.82, 2.24) is 15.3 Å². The first-order valence-corrected chi connectivity index (χ1v) is 7.72. The molecule has 21 heavy (non-hydrogen) atoms. The van der Waals surface area contributed by atoms with Gasteiger partial charge in [-0.1, -0.05) is 18.5 Å². The van der Waals surface area contributed by atoms with Gasteiger partial charge in [-0.2, -0.15) is 0 Å². The highest BCUT2D eigenvalue weighted by molar-refractivity contribution is 6.33. The molecule has 1 fully saturated rings. The Hall–Kier alpha value is -1.40. The lowest BCUT2D eigenvalue weighted by atomic mass is 10.1. The topological polar surface area (TPSA) is 78.3 Å². The Balaban J connectivity index is 2.13. The molecule has 0 aromatic carbocycles. The van der Waals surface area contributed by atoms with E-state index in [2.05, 4.69) is 20.2 Å². The van der Waals surface area contributed by atoms with Gasteiger partial charge in [0.25, 0.3) is 5.91 Å². The van der Waals surface area contributed by atoms with E-state index in [0.717, 1.165) is 32.4 Å². The smallest absolute Gasteiger partial charge is 0.271 e. The molecular formula is C14H21ClN4O2. The molecule has 2 N–H and O–H groups in total. The molecule has 0 spiro atoms. The van der Waals surface area contributed by atoms with Gasteiger partial charge in [0.2, 0.25) is 5.95 Å². The van der Waals surface area contributed by atoms with Crippen LogP contribution in [0.1, 0.15) is 43.1 Å². The highest BCUT2D eigenvalue weighted by Crippen LogP contribution is 2.20. The normalized spacial score (nSPS) is 16.0. The minimum absolute atomic E-state index is 0.0370. The van der Waals surface area contributed by atoms with E-state index >= 15 is 0 Å². The second-order valence-electron chi connectivity index (χ2n) is 5.15. The van der Waals surface area contributed by atoms with Crippen molar-refractivity contribution in [2.24, 2.45) is 0 Å². The maximum Gasteiger partial charge on any atom is 0.271 e. The molecule has 1 aliphatic heterocycles.